The molecule has 138 valence electrons. The molecule has 2 N–H and O–H groups in total. The van der Waals surface area contributed by atoms with E-state index in [1.54, 1.807) is 0 Å². The van der Waals surface area contributed by atoms with Crippen LogP contribution in [-0.4, -0.2) is 46.8 Å². The van der Waals surface area contributed by atoms with Gasteiger partial charge in [0.05, 0.1) is 16.4 Å². The van der Waals surface area contributed by atoms with Crippen LogP contribution in [0, 0.1) is 10.1 Å². The van der Waals surface area contributed by atoms with Crippen LogP contribution in [0.2, 0.25) is 0 Å². The van der Waals surface area contributed by atoms with Crippen molar-refractivity contribution in [2.24, 2.45) is 0 Å². The molecule has 1 aliphatic heterocycles. The molecule has 0 aliphatic carbocycles. The Morgan fingerprint density at radius 3 is 2.48 bits per heavy atom. The Morgan fingerprint density at radius 1 is 1.32 bits per heavy atom. The van der Waals surface area contributed by atoms with Crippen molar-refractivity contribution in [2.45, 2.75) is 22.4 Å². The molecule has 25 heavy (non-hydrogen) atoms. The van der Waals surface area contributed by atoms with Gasteiger partial charge in [-0.15, -0.1) is 0 Å². The molecule has 1 fully saturated rings. The molecule has 2 rings (SSSR count). The third kappa shape index (κ3) is 5.42. The second-order valence-corrected chi connectivity index (χ2v) is 10.1. The molecule has 2 unspecified atom stereocenters. The summed E-state index contributed by atoms with van der Waals surface area (Å²) in [6.45, 7) is 0. The summed E-state index contributed by atoms with van der Waals surface area (Å²) in [5, 5.41) is 16.2. The molecule has 0 spiro atoms. The number of nitro groups is 1. The maximum atomic E-state index is 12.4. The molecule has 8 nitrogen and oxygen atoms in total. The van der Waals surface area contributed by atoms with E-state index in [1.807, 2.05) is 0 Å². The van der Waals surface area contributed by atoms with Gasteiger partial charge in [-0.05, 0) is 12.5 Å². The topological polar surface area (TPSA) is 118 Å². The largest absolute Gasteiger partial charge is 0.332 e. The van der Waals surface area contributed by atoms with Gasteiger partial charge < -0.3 is 5.32 Å². The fourth-order valence-electron chi connectivity index (χ4n) is 2.41. The van der Waals surface area contributed by atoms with Crippen molar-refractivity contribution in [3.63, 3.8) is 0 Å². The van der Waals surface area contributed by atoms with Gasteiger partial charge in [0.25, 0.3) is 11.6 Å². The zero-order valence-electron chi connectivity index (χ0n) is 12.6. The van der Waals surface area contributed by atoms with Gasteiger partial charge in [-0.1, -0.05) is 46.9 Å². The first kappa shape index (κ1) is 20.2. The molecule has 1 saturated heterocycles. The number of alkyl halides is 3. The van der Waals surface area contributed by atoms with Crippen molar-refractivity contribution in [1.29, 1.82) is 0 Å². The third-order valence-electron chi connectivity index (χ3n) is 3.58. The van der Waals surface area contributed by atoms with Crippen LogP contribution >= 0.6 is 34.8 Å². The average Bonchev–Trinajstić information content (AvgIpc) is 2.84. The Bertz CT molecular complexity index is 781. The summed E-state index contributed by atoms with van der Waals surface area (Å²) in [4.78, 5) is 22.7. The maximum absolute atomic E-state index is 12.4. The third-order valence-corrected chi connectivity index (χ3v) is 6.01. The van der Waals surface area contributed by atoms with Crippen LogP contribution < -0.4 is 10.6 Å². The van der Waals surface area contributed by atoms with Crippen LogP contribution in [0.4, 0.5) is 5.69 Å². The van der Waals surface area contributed by atoms with E-state index < -0.39 is 42.4 Å². The number of benzene rings is 1. The number of amides is 1. The molecule has 1 aromatic rings. The first-order valence-electron chi connectivity index (χ1n) is 7.07. The number of halogens is 3. The second kappa shape index (κ2) is 7.63. The Hall–Kier alpha value is -1.13. The van der Waals surface area contributed by atoms with Crippen molar-refractivity contribution in [1.82, 2.24) is 10.6 Å². The van der Waals surface area contributed by atoms with Crippen LogP contribution in [-0.2, 0) is 9.84 Å². The predicted molar refractivity (Wildman–Crippen MR) is 94.8 cm³/mol. The highest BCUT2D eigenvalue weighted by molar-refractivity contribution is 7.91. The fraction of sp³-hybridized carbons (Fsp3) is 0.462. The second-order valence-electron chi connectivity index (χ2n) is 5.49. The Kier molecular flexibility index (Phi) is 6.16. The Morgan fingerprint density at radius 2 is 1.96 bits per heavy atom. The predicted octanol–water partition coefficient (Wildman–Crippen LogP) is 1.80. The first-order valence-corrected chi connectivity index (χ1v) is 10.0. The molecule has 0 saturated carbocycles. The van der Waals surface area contributed by atoms with E-state index in [9.17, 15) is 23.3 Å². The highest BCUT2D eigenvalue weighted by atomic mass is 35.6. The van der Waals surface area contributed by atoms with Gasteiger partial charge in [-0.2, -0.15) is 0 Å². The Labute approximate surface area is 158 Å². The van der Waals surface area contributed by atoms with Gasteiger partial charge in [-0.25, -0.2) is 8.42 Å². The minimum atomic E-state index is -3.18. The fourth-order valence-corrected chi connectivity index (χ4v) is 4.45. The molecular formula is C13H14Cl3N3O5S. The summed E-state index contributed by atoms with van der Waals surface area (Å²) in [7, 11) is -3.18. The lowest BCUT2D eigenvalue weighted by Gasteiger charge is -2.29. The zero-order chi connectivity index (χ0) is 18.8. The summed E-state index contributed by atoms with van der Waals surface area (Å²) >= 11 is 17.6. The van der Waals surface area contributed by atoms with Crippen LogP contribution in [0.3, 0.4) is 0 Å². The summed E-state index contributed by atoms with van der Waals surface area (Å²) in [6, 6.07) is 4.82. The zero-order valence-corrected chi connectivity index (χ0v) is 15.7. The average molecular weight is 431 g/mol. The first-order chi connectivity index (χ1) is 11.5. The number of para-hydroxylation sites is 1. The maximum Gasteiger partial charge on any atom is 0.282 e. The van der Waals surface area contributed by atoms with Crippen molar-refractivity contribution >= 4 is 56.2 Å². The number of hydrogen-bond acceptors (Lipinski definition) is 6. The molecule has 1 heterocycles. The van der Waals surface area contributed by atoms with Crippen LogP contribution in [0.5, 0.6) is 0 Å². The minimum absolute atomic E-state index is 0.00462. The number of hydrogen-bond donors (Lipinski definition) is 2. The lowest BCUT2D eigenvalue weighted by Crippen LogP contribution is -2.56. The van der Waals surface area contributed by atoms with Gasteiger partial charge in [0.2, 0.25) is 3.79 Å². The summed E-state index contributed by atoms with van der Waals surface area (Å²) in [6.07, 6.45) is -0.927. The van der Waals surface area contributed by atoms with Gasteiger partial charge in [0, 0.05) is 12.1 Å². The number of nitrogens with one attached hydrogen (secondary N) is 2. The monoisotopic (exact) mass is 429 g/mol. The van der Waals surface area contributed by atoms with Crippen LogP contribution in [0.15, 0.2) is 24.3 Å². The molecule has 0 aromatic heterocycles. The van der Waals surface area contributed by atoms with E-state index >= 15 is 0 Å². The molecule has 1 amide bonds. The number of carbonyl (C=O) groups is 1. The molecule has 12 heteroatoms. The normalized spacial score (nSPS) is 20.8. The van der Waals surface area contributed by atoms with Crippen molar-refractivity contribution < 1.29 is 18.1 Å². The highest BCUT2D eigenvalue weighted by Crippen LogP contribution is 2.30. The van der Waals surface area contributed by atoms with Crippen molar-refractivity contribution in [3.05, 3.63) is 39.9 Å². The van der Waals surface area contributed by atoms with E-state index in [-0.39, 0.29) is 17.1 Å². The smallest absolute Gasteiger partial charge is 0.282 e. The number of rotatable bonds is 5. The highest BCUT2D eigenvalue weighted by Gasteiger charge is 2.39. The van der Waals surface area contributed by atoms with Gasteiger partial charge in [0.1, 0.15) is 11.7 Å². The Balaban J connectivity index is 2.18. The summed E-state index contributed by atoms with van der Waals surface area (Å²) in [5.74, 6) is -0.974. The minimum Gasteiger partial charge on any atom is -0.332 e. The van der Waals surface area contributed by atoms with Crippen LogP contribution in [0.1, 0.15) is 16.8 Å². The van der Waals surface area contributed by atoms with E-state index in [2.05, 4.69) is 10.6 Å². The summed E-state index contributed by atoms with van der Waals surface area (Å²) in [5.41, 5.74) is -0.598. The van der Waals surface area contributed by atoms with Crippen LogP contribution in [0.25, 0.3) is 0 Å². The SMILES string of the molecule is O=C(NC(NC1CCS(=O)(=O)C1)C(Cl)(Cl)Cl)c1ccccc1[N+](=O)[O-]. The van der Waals surface area contributed by atoms with Crippen molar-refractivity contribution in [2.75, 3.05) is 11.5 Å². The lowest BCUT2D eigenvalue weighted by molar-refractivity contribution is -0.385. The molecule has 1 aliphatic rings. The number of nitrogens with zero attached hydrogens (tertiary/aromatic N) is 1. The molecule has 0 bridgehead atoms. The molecular weight excluding hydrogens is 417 g/mol. The van der Waals surface area contributed by atoms with Gasteiger partial charge >= 0.3 is 0 Å². The molecule has 0 radical (unpaired) electrons. The van der Waals surface area contributed by atoms with Gasteiger partial charge in [-0.3, -0.25) is 20.2 Å². The summed E-state index contributed by atoms with van der Waals surface area (Å²) < 4.78 is 21.1. The van der Waals surface area contributed by atoms with E-state index in [4.69, 9.17) is 34.8 Å². The number of nitro benzene ring substituents is 1. The van der Waals surface area contributed by atoms with Crippen molar-refractivity contribution in [3.8, 4) is 0 Å². The standard InChI is InChI=1S/C13H14Cl3N3O5S/c14-13(15,16)12(17-8-5-6-25(23,24)7-8)18-11(20)9-3-1-2-4-10(9)19(21)22/h1-4,8,12,17H,5-7H2,(H,18,20). The quantitative estimate of drug-likeness (QED) is 0.318. The number of sulfone groups is 1. The van der Waals surface area contributed by atoms with E-state index in [0.29, 0.717) is 6.42 Å². The van der Waals surface area contributed by atoms with E-state index in [0.717, 1.165) is 0 Å². The molecule has 2 atom stereocenters. The van der Waals surface area contributed by atoms with Gasteiger partial charge in [0.15, 0.2) is 9.84 Å². The lowest BCUT2D eigenvalue weighted by atomic mass is 10.1. The number of carbonyl (C=O) groups excluding carboxylic acids is 1. The molecule has 1 aromatic carbocycles. The van der Waals surface area contributed by atoms with E-state index in [1.165, 1.54) is 24.3 Å².